The number of benzene rings is 2. The molecular formula is C21H21N3O2S. The molecule has 4 N–H and O–H groups in total. The van der Waals surface area contributed by atoms with Crippen molar-refractivity contribution >= 4 is 28.8 Å². The highest BCUT2D eigenvalue weighted by Gasteiger charge is 2.30. The molecule has 1 amide bonds. The lowest BCUT2D eigenvalue weighted by atomic mass is 10.1. The van der Waals surface area contributed by atoms with Gasteiger partial charge in [-0.15, -0.1) is 11.3 Å². The maximum Gasteiger partial charge on any atom is 0.267 e. The van der Waals surface area contributed by atoms with E-state index in [1.807, 2.05) is 66.0 Å². The zero-order valence-corrected chi connectivity index (χ0v) is 16.0. The average molecular weight is 379 g/mol. The molecule has 3 rings (SSSR count). The minimum Gasteiger partial charge on any atom is -0.478 e. The highest BCUT2D eigenvalue weighted by atomic mass is 32.1. The predicted molar refractivity (Wildman–Crippen MR) is 111 cm³/mol. The molecule has 0 aliphatic carbocycles. The average Bonchev–Trinajstić information content (AvgIpc) is 3.13. The Morgan fingerprint density at radius 1 is 1.07 bits per heavy atom. The monoisotopic (exact) mass is 379 g/mol. The Balaban J connectivity index is 1.75. The number of rotatable bonds is 6. The van der Waals surface area contributed by atoms with Crippen molar-refractivity contribution in [2.24, 2.45) is 5.73 Å². The summed E-state index contributed by atoms with van der Waals surface area (Å²) in [7, 11) is 0. The molecule has 0 saturated carbocycles. The van der Waals surface area contributed by atoms with Crippen molar-refractivity contribution in [1.82, 2.24) is 0 Å². The Morgan fingerprint density at radius 3 is 2.48 bits per heavy atom. The van der Waals surface area contributed by atoms with E-state index in [1.165, 1.54) is 11.3 Å². The van der Waals surface area contributed by atoms with Gasteiger partial charge in [0.2, 0.25) is 0 Å². The van der Waals surface area contributed by atoms with Gasteiger partial charge in [0, 0.05) is 5.69 Å². The molecule has 0 unspecified atom stereocenters. The van der Waals surface area contributed by atoms with E-state index in [4.69, 9.17) is 15.9 Å². The van der Waals surface area contributed by atoms with E-state index in [2.05, 4.69) is 5.32 Å². The molecule has 0 saturated heterocycles. The third kappa shape index (κ3) is 4.54. The van der Waals surface area contributed by atoms with Gasteiger partial charge < -0.3 is 15.8 Å². The van der Waals surface area contributed by atoms with Gasteiger partial charge in [0.05, 0.1) is 4.88 Å². The number of hydrogen-bond donors (Lipinski definition) is 3. The molecule has 2 aromatic carbocycles. The predicted octanol–water partition coefficient (Wildman–Crippen LogP) is 4.50. The van der Waals surface area contributed by atoms with Crippen molar-refractivity contribution in [1.29, 1.82) is 5.41 Å². The standard InChI is InChI=1S/C21H21N3O2S/c1-21(2,26-17-9-4-3-5-10-17)20(25)24-16-8-6-7-14(11-16)15-12-18(19(22)23)27-13-15/h3-13H,1-2H3,(H3,22,23)(H,24,25). The van der Waals surface area contributed by atoms with E-state index in [0.29, 0.717) is 11.4 Å². The molecule has 138 valence electrons. The fourth-order valence-electron chi connectivity index (χ4n) is 2.52. The van der Waals surface area contributed by atoms with E-state index < -0.39 is 5.60 Å². The van der Waals surface area contributed by atoms with Gasteiger partial charge in [-0.25, -0.2) is 0 Å². The number of amides is 1. The Bertz CT molecular complexity index is 964. The highest BCUT2D eigenvalue weighted by Crippen LogP contribution is 2.28. The van der Waals surface area contributed by atoms with Crippen LogP contribution in [0.3, 0.4) is 0 Å². The van der Waals surface area contributed by atoms with E-state index in [0.717, 1.165) is 16.0 Å². The lowest BCUT2D eigenvalue weighted by Gasteiger charge is -2.25. The highest BCUT2D eigenvalue weighted by molar-refractivity contribution is 7.12. The molecule has 0 atom stereocenters. The van der Waals surface area contributed by atoms with Crippen molar-refractivity contribution < 1.29 is 9.53 Å². The SMILES string of the molecule is CC(C)(Oc1ccccc1)C(=O)Nc1cccc(-c2csc(C(=N)N)c2)c1. The van der Waals surface area contributed by atoms with E-state index in [-0.39, 0.29) is 11.7 Å². The molecular weight excluding hydrogens is 358 g/mol. The second kappa shape index (κ2) is 7.63. The topological polar surface area (TPSA) is 88.2 Å². The number of nitrogens with two attached hydrogens (primary N) is 1. The first kappa shape index (κ1) is 18.7. The third-order valence-electron chi connectivity index (χ3n) is 3.98. The van der Waals surface area contributed by atoms with Crippen molar-refractivity contribution in [3.63, 3.8) is 0 Å². The van der Waals surface area contributed by atoms with Gasteiger partial charge in [-0.3, -0.25) is 10.2 Å². The second-order valence-corrected chi connectivity index (χ2v) is 7.48. The molecule has 0 bridgehead atoms. The molecule has 0 fully saturated rings. The van der Waals surface area contributed by atoms with Gasteiger partial charge in [0.25, 0.3) is 5.91 Å². The largest absolute Gasteiger partial charge is 0.478 e. The molecule has 3 aromatic rings. The van der Waals surface area contributed by atoms with Gasteiger partial charge in [-0.1, -0.05) is 30.3 Å². The van der Waals surface area contributed by atoms with Gasteiger partial charge in [0.1, 0.15) is 11.6 Å². The van der Waals surface area contributed by atoms with Crippen molar-refractivity contribution in [3.8, 4) is 16.9 Å². The Labute approximate surface area is 162 Å². The van der Waals surface area contributed by atoms with Crippen LogP contribution in [0.1, 0.15) is 18.7 Å². The molecule has 5 nitrogen and oxygen atoms in total. The number of carbonyl (C=O) groups is 1. The number of anilines is 1. The lowest BCUT2D eigenvalue weighted by Crippen LogP contribution is -2.42. The van der Waals surface area contributed by atoms with Crippen LogP contribution in [-0.4, -0.2) is 17.3 Å². The maximum absolute atomic E-state index is 12.7. The number of nitrogens with one attached hydrogen (secondary N) is 2. The summed E-state index contributed by atoms with van der Waals surface area (Å²) in [5, 5.41) is 12.4. The van der Waals surface area contributed by atoms with Crippen molar-refractivity contribution in [3.05, 3.63) is 70.9 Å². The van der Waals surface area contributed by atoms with Crippen LogP contribution in [0.5, 0.6) is 5.75 Å². The van der Waals surface area contributed by atoms with E-state index in [9.17, 15) is 4.79 Å². The molecule has 1 aromatic heterocycles. The number of para-hydroxylation sites is 1. The summed E-state index contributed by atoms with van der Waals surface area (Å²) in [4.78, 5) is 13.4. The second-order valence-electron chi connectivity index (χ2n) is 6.57. The third-order valence-corrected chi connectivity index (χ3v) is 4.95. The Hall–Kier alpha value is -3.12. The quantitative estimate of drug-likeness (QED) is 0.435. The normalized spacial score (nSPS) is 11.0. The zero-order valence-electron chi connectivity index (χ0n) is 15.2. The number of hydrogen-bond acceptors (Lipinski definition) is 4. The van der Waals surface area contributed by atoms with Crippen LogP contribution in [-0.2, 0) is 4.79 Å². The Kier molecular flexibility index (Phi) is 5.28. The maximum atomic E-state index is 12.7. The van der Waals surface area contributed by atoms with Crippen LogP contribution in [0.4, 0.5) is 5.69 Å². The number of nitrogen functional groups attached to an aromatic ring is 1. The van der Waals surface area contributed by atoms with Crippen LogP contribution in [0.2, 0.25) is 0 Å². The van der Waals surface area contributed by atoms with Gasteiger partial charge in [0.15, 0.2) is 5.60 Å². The summed E-state index contributed by atoms with van der Waals surface area (Å²) in [6.07, 6.45) is 0. The first-order valence-electron chi connectivity index (χ1n) is 8.44. The fourth-order valence-corrected chi connectivity index (χ4v) is 3.30. The van der Waals surface area contributed by atoms with Gasteiger partial charge in [-0.05, 0) is 60.7 Å². The molecule has 0 spiro atoms. The lowest BCUT2D eigenvalue weighted by molar-refractivity contribution is -0.128. The van der Waals surface area contributed by atoms with Crippen LogP contribution in [0.25, 0.3) is 11.1 Å². The summed E-state index contributed by atoms with van der Waals surface area (Å²) in [6, 6.07) is 18.7. The Morgan fingerprint density at radius 2 is 1.81 bits per heavy atom. The van der Waals surface area contributed by atoms with Crippen molar-refractivity contribution in [2.45, 2.75) is 19.4 Å². The molecule has 0 aliphatic rings. The molecule has 0 radical (unpaired) electrons. The number of amidine groups is 1. The first-order chi connectivity index (χ1) is 12.8. The fraction of sp³-hybridized carbons (Fsp3) is 0.143. The molecule has 0 aliphatic heterocycles. The molecule has 1 heterocycles. The van der Waals surface area contributed by atoms with Crippen LogP contribution in [0, 0.1) is 5.41 Å². The number of thiophene rings is 1. The molecule has 27 heavy (non-hydrogen) atoms. The first-order valence-corrected chi connectivity index (χ1v) is 9.32. The van der Waals surface area contributed by atoms with Crippen molar-refractivity contribution in [2.75, 3.05) is 5.32 Å². The van der Waals surface area contributed by atoms with E-state index in [1.54, 1.807) is 13.8 Å². The zero-order chi connectivity index (χ0) is 19.4. The summed E-state index contributed by atoms with van der Waals surface area (Å²) in [5.74, 6) is 0.454. The van der Waals surface area contributed by atoms with Crippen LogP contribution >= 0.6 is 11.3 Å². The van der Waals surface area contributed by atoms with E-state index >= 15 is 0 Å². The summed E-state index contributed by atoms with van der Waals surface area (Å²) in [6.45, 7) is 3.47. The number of carbonyl (C=O) groups excluding carboxylic acids is 1. The van der Waals surface area contributed by atoms with Crippen LogP contribution < -0.4 is 15.8 Å². The molecule has 6 heteroatoms. The smallest absolute Gasteiger partial charge is 0.267 e. The van der Waals surface area contributed by atoms with Gasteiger partial charge >= 0.3 is 0 Å². The minimum absolute atomic E-state index is 0.0514. The van der Waals surface area contributed by atoms with Gasteiger partial charge in [-0.2, -0.15) is 0 Å². The summed E-state index contributed by atoms with van der Waals surface area (Å²) >= 11 is 1.42. The number of ether oxygens (including phenoxy) is 1. The summed E-state index contributed by atoms with van der Waals surface area (Å²) < 4.78 is 5.83. The van der Waals surface area contributed by atoms with Crippen LogP contribution in [0.15, 0.2) is 66.0 Å². The minimum atomic E-state index is -1.03. The summed E-state index contributed by atoms with van der Waals surface area (Å²) in [5.41, 5.74) is 7.09.